The smallest absolute Gasteiger partial charge is 0.144 e. The van der Waals surface area contributed by atoms with E-state index in [4.69, 9.17) is 0 Å². The first-order chi connectivity index (χ1) is 5.09. The highest BCUT2D eigenvalue weighted by Gasteiger charge is 2.01. The van der Waals surface area contributed by atoms with E-state index in [1.165, 1.54) is 0 Å². The van der Waals surface area contributed by atoms with E-state index >= 15 is 0 Å². The van der Waals surface area contributed by atoms with Crippen molar-refractivity contribution >= 4 is 14.8 Å². The summed E-state index contributed by atoms with van der Waals surface area (Å²) in [6, 6.07) is 2.03. The van der Waals surface area contributed by atoms with Gasteiger partial charge in [-0.3, -0.25) is 0 Å². The van der Waals surface area contributed by atoms with E-state index in [0.29, 0.717) is 5.92 Å². The van der Waals surface area contributed by atoms with Gasteiger partial charge < -0.3 is 0 Å². The summed E-state index contributed by atoms with van der Waals surface area (Å²) in [6.45, 7) is 6.25. The van der Waals surface area contributed by atoms with E-state index in [2.05, 4.69) is 33.1 Å². The Bertz CT molecular complexity index is 238. The van der Waals surface area contributed by atoms with Crippen LogP contribution in [0.25, 0.3) is 0 Å². The van der Waals surface area contributed by atoms with E-state index in [0.717, 1.165) is 17.0 Å². The molecule has 0 saturated heterocycles. The number of rotatable bonds is 1. The highest BCUT2D eigenvalue weighted by atomic mass is 31.0. The summed E-state index contributed by atoms with van der Waals surface area (Å²) in [5.74, 6) is 0.482. The quantitative estimate of drug-likeness (QED) is 0.592. The zero-order chi connectivity index (χ0) is 8.43. The lowest BCUT2D eigenvalue weighted by Crippen LogP contribution is -2.09. The largest absolute Gasteiger partial charge is 0.234 e. The third kappa shape index (κ3) is 2.23. The average molecular weight is 168 g/mol. The van der Waals surface area contributed by atoms with Crippen LogP contribution in [0.15, 0.2) is 6.07 Å². The molecule has 0 bridgehead atoms. The molecule has 1 aromatic heterocycles. The van der Waals surface area contributed by atoms with E-state index in [1.54, 1.807) is 0 Å². The van der Waals surface area contributed by atoms with Crippen LogP contribution < -0.4 is 5.57 Å². The highest BCUT2D eigenvalue weighted by molar-refractivity contribution is 7.26. The molecule has 1 unspecified atom stereocenters. The summed E-state index contributed by atoms with van der Waals surface area (Å²) in [5, 5.41) is 0. The van der Waals surface area contributed by atoms with Crippen molar-refractivity contribution in [1.82, 2.24) is 9.97 Å². The molecule has 2 nitrogen and oxygen atoms in total. The van der Waals surface area contributed by atoms with Gasteiger partial charge in [-0.15, -0.1) is 0 Å². The molecule has 3 heteroatoms. The van der Waals surface area contributed by atoms with Crippen LogP contribution in [-0.2, 0) is 0 Å². The predicted octanol–water partition coefficient (Wildman–Crippen LogP) is 1.41. The first-order valence-corrected chi connectivity index (χ1v) is 4.28. The molecule has 0 spiro atoms. The summed E-state index contributed by atoms with van der Waals surface area (Å²) in [7, 11) is 2.52. The summed E-state index contributed by atoms with van der Waals surface area (Å²) in [4.78, 5) is 8.45. The first kappa shape index (κ1) is 8.61. The Balaban J connectivity index is 3.08. The fourth-order valence-corrected chi connectivity index (χ4v) is 1.26. The van der Waals surface area contributed by atoms with Gasteiger partial charge in [-0.1, -0.05) is 23.1 Å². The van der Waals surface area contributed by atoms with E-state index in [9.17, 15) is 0 Å². The van der Waals surface area contributed by atoms with Gasteiger partial charge in [0.25, 0.3) is 0 Å². The molecule has 1 atom stereocenters. The van der Waals surface area contributed by atoms with E-state index in [-0.39, 0.29) is 0 Å². The maximum Gasteiger partial charge on any atom is 0.144 e. The summed E-state index contributed by atoms with van der Waals surface area (Å²) >= 11 is 0. The van der Waals surface area contributed by atoms with Crippen LogP contribution in [0.5, 0.6) is 0 Å². The van der Waals surface area contributed by atoms with Crippen LogP contribution in [0.1, 0.15) is 31.2 Å². The average Bonchev–Trinajstić information content (AvgIpc) is 1.85. The maximum atomic E-state index is 4.29. The molecular formula is C8H13N2P. The SMILES string of the molecule is Cc1cc(C(C)C)nc(P)n1. The van der Waals surface area contributed by atoms with Gasteiger partial charge in [0.15, 0.2) is 0 Å². The van der Waals surface area contributed by atoms with Gasteiger partial charge in [0.2, 0.25) is 0 Å². The Kier molecular flexibility index (Phi) is 2.56. The second kappa shape index (κ2) is 3.27. The van der Waals surface area contributed by atoms with Crippen molar-refractivity contribution in [3.63, 3.8) is 0 Å². The van der Waals surface area contributed by atoms with Gasteiger partial charge in [0.05, 0.1) is 0 Å². The van der Waals surface area contributed by atoms with Gasteiger partial charge >= 0.3 is 0 Å². The van der Waals surface area contributed by atoms with Gasteiger partial charge in [-0.25, -0.2) is 9.97 Å². The Morgan fingerprint density at radius 1 is 1.36 bits per heavy atom. The van der Waals surface area contributed by atoms with E-state index < -0.39 is 0 Å². The molecular weight excluding hydrogens is 155 g/mol. The number of nitrogens with zero attached hydrogens (tertiary/aromatic N) is 2. The van der Waals surface area contributed by atoms with Crippen molar-refractivity contribution in [1.29, 1.82) is 0 Å². The Labute approximate surface area is 69.7 Å². The summed E-state index contributed by atoms with van der Waals surface area (Å²) < 4.78 is 0. The molecule has 0 aliphatic heterocycles. The summed E-state index contributed by atoms with van der Waals surface area (Å²) in [5.41, 5.74) is 2.94. The summed E-state index contributed by atoms with van der Waals surface area (Å²) in [6.07, 6.45) is 0. The lowest BCUT2D eigenvalue weighted by molar-refractivity contribution is 0.817. The second-order valence-electron chi connectivity index (χ2n) is 2.95. The minimum Gasteiger partial charge on any atom is -0.234 e. The Morgan fingerprint density at radius 3 is 2.45 bits per heavy atom. The standard InChI is InChI=1S/C8H13N2P/c1-5(2)7-4-6(3)9-8(11)10-7/h4-5H,11H2,1-3H3. The highest BCUT2D eigenvalue weighted by Crippen LogP contribution is 2.10. The minimum absolute atomic E-state index is 0.482. The van der Waals surface area contributed by atoms with Crippen molar-refractivity contribution < 1.29 is 0 Å². The number of hydrogen-bond acceptors (Lipinski definition) is 2. The van der Waals surface area contributed by atoms with Gasteiger partial charge in [0, 0.05) is 11.4 Å². The number of aryl methyl sites for hydroxylation is 1. The third-order valence-corrected chi connectivity index (χ3v) is 1.74. The van der Waals surface area contributed by atoms with Crippen LogP contribution in [0.3, 0.4) is 0 Å². The second-order valence-corrected chi connectivity index (χ2v) is 3.46. The Morgan fingerprint density at radius 2 is 2.00 bits per heavy atom. The van der Waals surface area contributed by atoms with Crippen LogP contribution >= 0.6 is 9.24 Å². The maximum absolute atomic E-state index is 4.29. The number of aromatic nitrogens is 2. The van der Waals surface area contributed by atoms with E-state index in [1.807, 2.05) is 13.0 Å². The molecule has 1 rings (SSSR count). The van der Waals surface area contributed by atoms with Crippen molar-refractivity contribution in [2.75, 3.05) is 0 Å². The molecule has 11 heavy (non-hydrogen) atoms. The predicted molar refractivity (Wildman–Crippen MR) is 50.2 cm³/mol. The van der Waals surface area contributed by atoms with Crippen molar-refractivity contribution in [2.24, 2.45) is 0 Å². The van der Waals surface area contributed by atoms with Crippen molar-refractivity contribution in [3.05, 3.63) is 17.5 Å². The monoisotopic (exact) mass is 168 g/mol. The van der Waals surface area contributed by atoms with Gasteiger partial charge in [-0.2, -0.15) is 0 Å². The molecule has 0 aliphatic carbocycles. The van der Waals surface area contributed by atoms with Crippen LogP contribution in [0.2, 0.25) is 0 Å². The first-order valence-electron chi connectivity index (χ1n) is 3.70. The van der Waals surface area contributed by atoms with Crippen molar-refractivity contribution in [3.8, 4) is 0 Å². The van der Waals surface area contributed by atoms with Crippen LogP contribution in [0.4, 0.5) is 0 Å². The van der Waals surface area contributed by atoms with Gasteiger partial charge in [0.1, 0.15) is 5.57 Å². The fourth-order valence-electron chi connectivity index (χ4n) is 0.912. The van der Waals surface area contributed by atoms with Crippen LogP contribution in [0, 0.1) is 6.92 Å². The Hall–Kier alpha value is -0.490. The molecule has 0 aliphatic rings. The molecule has 1 heterocycles. The zero-order valence-corrected chi connectivity index (χ0v) is 8.28. The van der Waals surface area contributed by atoms with Crippen LogP contribution in [-0.4, -0.2) is 9.97 Å². The molecule has 0 saturated carbocycles. The third-order valence-electron chi connectivity index (χ3n) is 1.48. The molecule has 0 fully saturated rings. The molecule has 0 aromatic carbocycles. The minimum atomic E-state index is 0.482. The lowest BCUT2D eigenvalue weighted by atomic mass is 10.1. The molecule has 0 radical (unpaired) electrons. The zero-order valence-electron chi connectivity index (χ0n) is 7.13. The number of hydrogen-bond donors (Lipinski definition) is 0. The van der Waals surface area contributed by atoms with Gasteiger partial charge in [-0.05, 0) is 18.9 Å². The van der Waals surface area contributed by atoms with Crippen molar-refractivity contribution in [2.45, 2.75) is 26.7 Å². The normalized spacial score (nSPS) is 10.6. The molecule has 0 amide bonds. The molecule has 60 valence electrons. The topological polar surface area (TPSA) is 25.8 Å². The fraction of sp³-hybridized carbons (Fsp3) is 0.500. The molecule has 1 aromatic rings. The molecule has 0 N–H and O–H groups in total. The lowest BCUT2D eigenvalue weighted by Gasteiger charge is -2.05.